The third kappa shape index (κ3) is 4.38. The van der Waals surface area contributed by atoms with Crippen molar-refractivity contribution in [3.63, 3.8) is 0 Å². The first-order valence-corrected chi connectivity index (χ1v) is 11.5. The molecule has 0 radical (unpaired) electrons. The molecule has 9 heteroatoms. The quantitative estimate of drug-likeness (QED) is 0.286. The number of hydrogen-bond acceptors (Lipinski definition) is 6. The van der Waals surface area contributed by atoms with Gasteiger partial charge in [0.25, 0.3) is 5.56 Å². The van der Waals surface area contributed by atoms with Crippen LogP contribution in [0, 0.1) is 5.82 Å². The number of methoxy groups -OCH3 is 1. The number of ether oxygens (including phenoxy) is 1. The molecule has 0 bridgehead atoms. The number of benzene rings is 2. The number of halogens is 1. The van der Waals surface area contributed by atoms with Gasteiger partial charge in [-0.15, -0.1) is 22.0 Å². The van der Waals surface area contributed by atoms with Crippen molar-refractivity contribution >= 4 is 40.2 Å². The van der Waals surface area contributed by atoms with Crippen LogP contribution in [-0.2, 0) is 11.3 Å². The highest BCUT2D eigenvalue weighted by molar-refractivity contribution is 8.02. The van der Waals surface area contributed by atoms with Crippen molar-refractivity contribution in [1.29, 1.82) is 0 Å². The second-order valence-electron chi connectivity index (χ2n) is 6.59. The number of nitrogens with zero attached hydrogens (tertiary/aromatic N) is 4. The molecular weight excluding hydrogens is 423 g/mol. The maximum atomic E-state index is 13.0. The number of hydrogen-bond donors (Lipinski definition) is 0. The molecule has 0 saturated carbocycles. The van der Waals surface area contributed by atoms with Crippen molar-refractivity contribution in [2.24, 2.45) is 0 Å². The summed E-state index contributed by atoms with van der Waals surface area (Å²) in [5.74, 6) is 1.96. The molecule has 0 fully saturated rings. The Bertz CT molecular complexity index is 1210. The van der Waals surface area contributed by atoms with Crippen LogP contribution in [0.1, 0.15) is 6.42 Å². The third-order valence-corrected chi connectivity index (χ3v) is 6.81. The second kappa shape index (κ2) is 9.63. The van der Waals surface area contributed by atoms with E-state index in [1.54, 1.807) is 47.3 Å². The topological polar surface area (TPSA) is 61.4 Å². The maximum absolute atomic E-state index is 13.0. The maximum Gasteiger partial charge on any atom is 0.262 e. The Kier molecular flexibility index (Phi) is 6.71. The van der Waals surface area contributed by atoms with Crippen molar-refractivity contribution in [3.05, 3.63) is 64.7 Å². The van der Waals surface area contributed by atoms with E-state index >= 15 is 0 Å². The van der Waals surface area contributed by atoms with E-state index in [1.165, 1.54) is 12.1 Å². The van der Waals surface area contributed by atoms with Gasteiger partial charge in [0.05, 0.1) is 10.9 Å². The first-order chi connectivity index (χ1) is 14.7. The number of thioether (sulfide) groups is 2. The molecule has 0 aliphatic heterocycles. The third-order valence-electron chi connectivity index (χ3n) is 4.61. The van der Waals surface area contributed by atoms with E-state index in [-0.39, 0.29) is 11.4 Å². The molecule has 0 aliphatic rings. The zero-order valence-corrected chi connectivity index (χ0v) is 18.1. The van der Waals surface area contributed by atoms with Gasteiger partial charge in [-0.1, -0.05) is 23.9 Å². The molecule has 6 nitrogen and oxygen atoms in total. The summed E-state index contributed by atoms with van der Waals surface area (Å²) < 4.78 is 21.8. The van der Waals surface area contributed by atoms with E-state index in [0.29, 0.717) is 30.7 Å². The van der Waals surface area contributed by atoms with Gasteiger partial charge in [0.1, 0.15) is 5.82 Å². The van der Waals surface area contributed by atoms with Crippen LogP contribution in [-0.4, -0.2) is 44.4 Å². The van der Waals surface area contributed by atoms with Gasteiger partial charge < -0.3 is 4.74 Å². The van der Waals surface area contributed by atoms with Crippen LogP contribution < -0.4 is 5.56 Å². The molecule has 0 amide bonds. The number of aryl methyl sites for hydroxylation is 1. The largest absolute Gasteiger partial charge is 0.385 e. The molecule has 30 heavy (non-hydrogen) atoms. The van der Waals surface area contributed by atoms with E-state index in [4.69, 9.17) is 4.74 Å². The fourth-order valence-electron chi connectivity index (χ4n) is 3.22. The van der Waals surface area contributed by atoms with Crippen LogP contribution in [0.4, 0.5) is 4.39 Å². The fourth-order valence-corrected chi connectivity index (χ4v) is 5.04. The predicted molar refractivity (Wildman–Crippen MR) is 119 cm³/mol. The van der Waals surface area contributed by atoms with Gasteiger partial charge in [0, 0.05) is 36.7 Å². The number of rotatable bonds is 9. The minimum absolute atomic E-state index is 0.0648. The average Bonchev–Trinajstić information content (AvgIpc) is 3.19. The van der Waals surface area contributed by atoms with Gasteiger partial charge in [-0.3, -0.25) is 13.8 Å². The van der Waals surface area contributed by atoms with Crippen LogP contribution in [0.3, 0.4) is 0 Å². The monoisotopic (exact) mass is 444 g/mol. The standard InChI is InChI=1S/C21H21FN4O2S2/c1-28-12-4-11-25-19(27)17-5-2-3-6-18(17)26-20(25)23-24-21(26)30-14-13-29-16-9-7-15(22)8-10-16/h2-3,5-10H,4,11-14H2,1H3. The summed E-state index contributed by atoms with van der Waals surface area (Å²) >= 11 is 3.26. The zero-order chi connectivity index (χ0) is 20.9. The molecule has 0 spiro atoms. The fraction of sp³-hybridized carbons (Fsp3) is 0.286. The molecule has 156 valence electrons. The van der Waals surface area contributed by atoms with Crippen molar-refractivity contribution in [1.82, 2.24) is 19.2 Å². The number of aromatic nitrogens is 4. The van der Waals surface area contributed by atoms with Gasteiger partial charge in [-0.2, -0.15) is 0 Å². The van der Waals surface area contributed by atoms with Gasteiger partial charge >= 0.3 is 0 Å². The Hall–Kier alpha value is -2.36. The van der Waals surface area contributed by atoms with Crippen LogP contribution >= 0.6 is 23.5 Å². The average molecular weight is 445 g/mol. The SMILES string of the molecule is COCCCn1c(=O)c2ccccc2n2c(SCCSc3ccc(F)cc3)nnc12. The van der Waals surface area contributed by atoms with E-state index in [9.17, 15) is 9.18 Å². The minimum atomic E-state index is -0.230. The molecule has 0 saturated heterocycles. The molecule has 2 aromatic carbocycles. The highest BCUT2D eigenvalue weighted by Crippen LogP contribution is 2.24. The Morgan fingerprint density at radius 1 is 1.03 bits per heavy atom. The summed E-state index contributed by atoms with van der Waals surface area (Å²) in [6.45, 7) is 1.09. The van der Waals surface area contributed by atoms with Crippen LogP contribution in [0.15, 0.2) is 63.4 Å². The van der Waals surface area contributed by atoms with Crippen LogP contribution in [0.25, 0.3) is 16.7 Å². The zero-order valence-electron chi connectivity index (χ0n) is 16.5. The Labute approximate surface area is 181 Å². The summed E-state index contributed by atoms with van der Waals surface area (Å²) in [6.07, 6.45) is 0.716. The lowest BCUT2D eigenvalue weighted by Crippen LogP contribution is -2.24. The van der Waals surface area contributed by atoms with Crippen molar-refractivity contribution in [3.8, 4) is 0 Å². The summed E-state index contributed by atoms with van der Waals surface area (Å²) in [4.78, 5) is 14.0. The minimum Gasteiger partial charge on any atom is -0.385 e. The Morgan fingerprint density at radius 3 is 2.60 bits per heavy atom. The molecule has 4 rings (SSSR count). The molecule has 0 aliphatic carbocycles. The summed E-state index contributed by atoms with van der Waals surface area (Å²) in [6, 6.07) is 14.0. The Morgan fingerprint density at radius 2 is 1.80 bits per heavy atom. The van der Waals surface area contributed by atoms with Crippen LogP contribution in [0.5, 0.6) is 0 Å². The first-order valence-electron chi connectivity index (χ1n) is 9.56. The number of para-hydroxylation sites is 1. The molecule has 2 heterocycles. The molecule has 2 aromatic heterocycles. The van der Waals surface area contributed by atoms with E-state index in [2.05, 4.69) is 10.2 Å². The van der Waals surface area contributed by atoms with Crippen molar-refractivity contribution in [2.75, 3.05) is 25.2 Å². The van der Waals surface area contributed by atoms with Gasteiger partial charge in [-0.25, -0.2) is 4.39 Å². The Balaban J connectivity index is 1.59. The molecular formula is C21H21FN4O2S2. The molecule has 0 atom stereocenters. The van der Waals surface area contributed by atoms with Crippen molar-refractivity contribution in [2.45, 2.75) is 23.0 Å². The molecule has 0 unspecified atom stereocenters. The lowest BCUT2D eigenvalue weighted by Gasteiger charge is -2.11. The number of fused-ring (bicyclic) bond motifs is 3. The van der Waals surface area contributed by atoms with Gasteiger partial charge in [0.15, 0.2) is 5.16 Å². The smallest absolute Gasteiger partial charge is 0.262 e. The predicted octanol–water partition coefficient (Wildman–Crippen LogP) is 4.10. The van der Waals surface area contributed by atoms with Gasteiger partial charge in [-0.05, 0) is 42.8 Å². The second-order valence-corrected chi connectivity index (χ2v) is 8.82. The highest BCUT2D eigenvalue weighted by Gasteiger charge is 2.16. The van der Waals surface area contributed by atoms with Crippen molar-refractivity contribution < 1.29 is 9.13 Å². The van der Waals surface area contributed by atoms with E-state index in [0.717, 1.165) is 27.1 Å². The first kappa shape index (κ1) is 20.9. The normalized spacial score (nSPS) is 11.5. The van der Waals surface area contributed by atoms with E-state index < -0.39 is 0 Å². The van der Waals surface area contributed by atoms with E-state index in [1.807, 2.05) is 28.7 Å². The molecule has 0 N–H and O–H groups in total. The van der Waals surface area contributed by atoms with Crippen LogP contribution in [0.2, 0.25) is 0 Å². The summed E-state index contributed by atoms with van der Waals surface area (Å²) in [5.41, 5.74) is 0.740. The summed E-state index contributed by atoms with van der Waals surface area (Å²) in [7, 11) is 1.65. The summed E-state index contributed by atoms with van der Waals surface area (Å²) in [5, 5.41) is 10.1. The molecule has 4 aromatic rings. The lowest BCUT2D eigenvalue weighted by molar-refractivity contribution is 0.190. The highest BCUT2D eigenvalue weighted by atomic mass is 32.2. The lowest BCUT2D eigenvalue weighted by atomic mass is 10.2. The van der Waals surface area contributed by atoms with Gasteiger partial charge in [0.2, 0.25) is 5.78 Å².